The number of nitro benzene ring substituents is 3. The third-order valence-electron chi connectivity index (χ3n) is 10.4. The summed E-state index contributed by atoms with van der Waals surface area (Å²) >= 11 is 0. The molecule has 18 nitrogen and oxygen atoms in total. The molecule has 324 valence electrons. The normalized spacial score (nSPS) is 15.4. The van der Waals surface area contributed by atoms with E-state index in [9.17, 15) is 61.5 Å². The Morgan fingerprint density at radius 3 is 1.56 bits per heavy atom. The molecule has 1 aliphatic rings. The van der Waals surface area contributed by atoms with Gasteiger partial charge < -0.3 is 0 Å². The van der Waals surface area contributed by atoms with Crippen molar-refractivity contribution in [3.8, 4) is 47.5 Å². The second kappa shape index (κ2) is 23.5. The van der Waals surface area contributed by atoms with Gasteiger partial charge in [-0.15, -0.1) is 0 Å². The smallest absolute Gasteiger partial charge is 0.259 e. The van der Waals surface area contributed by atoms with Crippen LogP contribution in [-0.2, 0) is 0 Å². The van der Waals surface area contributed by atoms with Gasteiger partial charge in [-0.05, 0) is 95.2 Å². The number of rotatable bonds is 16. The molecule has 0 aromatic heterocycles. The Kier molecular flexibility index (Phi) is 18.9. The van der Waals surface area contributed by atoms with Gasteiger partial charge in [-0.2, -0.15) is 31.6 Å². The van der Waals surface area contributed by atoms with Crippen LogP contribution in [0.15, 0.2) is 72.4 Å². The summed E-state index contributed by atoms with van der Waals surface area (Å²) in [4.78, 5) is 43.9. The molecule has 3 aromatic rings. The molecule has 0 N–H and O–H groups in total. The first kappa shape index (κ1) is 50.8. The summed E-state index contributed by atoms with van der Waals surface area (Å²) < 4.78 is 0. The van der Waals surface area contributed by atoms with Gasteiger partial charge in [0.05, 0.1) is 85.0 Å². The number of allylic oxidation sites excluding steroid dienone is 4. The molecule has 3 aromatic carbocycles. The molecule has 0 radical (unpaired) electrons. The van der Waals surface area contributed by atoms with E-state index in [1.807, 2.05) is 12.1 Å². The van der Waals surface area contributed by atoms with Crippen LogP contribution in [0.4, 0.5) is 17.1 Å². The van der Waals surface area contributed by atoms with Crippen LogP contribution >= 0.6 is 0 Å². The van der Waals surface area contributed by atoms with E-state index in [1.165, 1.54) is 42.5 Å². The maximum atomic E-state index is 11.6. The van der Waals surface area contributed by atoms with Crippen LogP contribution in [0.3, 0.4) is 0 Å². The third kappa shape index (κ3) is 13.3. The summed E-state index contributed by atoms with van der Waals surface area (Å²) in [5, 5.41) is 102. The SMILES string of the molecule is C.Cc1ccc([N+](=O)[O-])c(-c2ccc([N+](=O)[O-])c(C(C#N)CC(C#N)CC(C)C#N)c2)c1.Cc1ccc([N+](=O)[O-])c(C2=CC=C([N+](=O)[O-])[C@H](C(C#N)CC(C#N)CC(C)C#N)C2)c1.[HH]. The van der Waals surface area contributed by atoms with Gasteiger partial charge in [0.1, 0.15) is 0 Å². The van der Waals surface area contributed by atoms with Crippen molar-refractivity contribution in [2.45, 2.75) is 73.1 Å². The number of aryl methyl sites for hydroxylation is 2. The Balaban J connectivity index is 0.000000621. The van der Waals surface area contributed by atoms with Gasteiger partial charge in [-0.1, -0.05) is 36.8 Å². The molecule has 0 amide bonds. The van der Waals surface area contributed by atoms with Crippen LogP contribution in [0.1, 0.15) is 83.0 Å². The largest absolute Gasteiger partial charge is 0.277 e. The van der Waals surface area contributed by atoms with Crippen LogP contribution in [0, 0.1) is 158 Å². The standard InChI is InChI=1S/C22H21N5O4.C22H19N5O4.CH4.H2/c2*1-14-3-5-21(26(28)29)19(8-14)17-4-6-22(27(30)31)20(10-17)18(13-25)9-16(12-24)7-15(2)11-23;;/h3-6,8,15-16,18,20H,7,9-10H2,1-2H3;3-6,8,10,15-16,18H,7,9H2,1-2H3;1H4;1H/t15?,16?,18?,20-;;;/m0.../s1. The van der Waals surface area contributed by atoms with Crippen molar-refractivity contribution in [1.29, 1.82) is 31.6 Å². The molecule has 4 rings (SSSR count). The van der Waals surface area contributed by atoms with E-state index < -0.39 is 55.2 Å². The fraction of sp³-hybridized carbons (Fsp3) is 0.378. The first-order chi connectivity index (χ1) is 29.4. The Labute approximate surface area is 365 Å². The first-order valence-electron chi connectivity index (χ1n) is 19.1. The average molecular weight is 855 g/mol. The van der Waals surface area contributed by atoms with Crippen molar-refractivity contribution in [2.75, 3.05) is 0 Å². The predicted octanol–water partition coefficient (Wildman–Crippen LogP) is 10.7. The molecular weight excluding hydrogens is 809 g/mol. The van der Waals surface area contributed by atoms with Crippen LogP contribution in [0.5, 0.6) is 0 Å². The van der Waals surface area contributed by atoms with Gasteiger partial charge in [0.15, 0.2) is 0 Å². The van der Waals surface area contributed by atoms with E-state index >= 15 is 0 Å². The predicted molar refractivity (Wildman–Crippen MR) is 231 cm³/mol. The molecule has 0 bridgehead atoms. The number of nitrogens with zero attached hydrogens (tertiary/aromatic N) is 10. The summed E-state index contributed by atoms with van der Waals surface area (Å²) in [6.07, 6.45) is 3.45. The van der Waals surface area contributed by atoms with Gasteiger partial charge in [0.2, 0.25) is 0 Å². The second-order valence-corrected chi connectivity index (χ2v) is 15.0. The summed E-state index contributed by atoms with van der Waals surface area (Å²) in [5.41, 5.74) is 2.49. The maximum Gasteiger partial charge on any atom is 0.277 e. The fourth-order valence-electron chi connectivity index (χ4n) is 7.25. The van der Waals surface area contributed by atoms with Crippen molar-refractivity contribution in [3.63, 3.8) is 0 Å². The molecule has 0 saturated heterocycles. The first-order valence-corrected chi connectivity index (χ1v) is 19.1. The van der Waals surface area contributed by atoms with E-state index in [-0.39, 0.29) is 80.8 Å². The monoisotopic (exact) mass is 854 g/mol. The van der Waals surface area contributed by atoms with E-state index in [4.69, 9.17) is 10.5 Å². The summed E-state index contributed by atoms with van der Waals surface area (Å²) in [7, 11) is 0. The molecule has 7 atom stereocenters. The lowest BCUT2D eigenvalue weighted by molar-refractivity contribution is -0.435. The highest BCUT2D eigenvalue weighted by Gasteiger charge is 2.38. The van der Waals surface area contributed by atoms with Gasteiger partial charge in [0.25, 0.3) is 22.8 Å². The highest BCUT2D eigenvalue weighted by molar-refractivity contribution is 5.77. The summed E-state index contributed by atoms with van der Waals surface area (Å²) in [5.74, 6) is -4.69. The number of benzene rings is 3. The van der Waals surface area contributed by atoms with Crippen molar-refractivity contribution >= 4 is 22.6 Å². The highest BCUT2D eigenvalue weighted by Crippen LogP contribution is 2.42. The van der Waals surface area contributed by atoms with Crippen molar-refractivity contribution in [2.24, 2.45) is 35.5 Å². The third-order valence-corrected chi connectivity index (χ3v) is 10.4. The highest BCUT2D eigenvalue weighted by atomic mass is 16.6. The Morgan fingerprint density at radius 1 is 0.603 bits per heavy atom. The minimum absolute atomic E-state index is 0. The Morgan fingerprint density at radius 2 is 1.10 bits per heavy atom. The molecular formula is C45H46N10O8. The Hall–Kier alpha value is -8.32. The molecule has 0 spiro atoms. The Bertz CT molecular complexity index is 2570. The number of hydrogen-bond donors (Lipinski definition) is 0. The molecule has 1 aliphatic carbocycles. The lowest BCUT2D eigenvalue weighted by atomic mass is 9.75. The number of hydrogen-bond acceptors (Lipinski definition) is 14. The molecule has 0 aliphatic heterocycles. The van der Waals surface area contributed by atoms with Gasteiger partial charge in [-0.3, -0.25) is 40.5 Å². The maximum absolute atomic E-state index is 11.6. The molecule has 0 fully saturated rings. The molecule has 18 heteroatoms. The lowest BCUT2D eigenvalue weighted by Gasteiger charge is -2.25. The van der Waals surface area contributed by atoms with Crippen molar-refractivity contribution in [1.82, 2.24) is 0 Å². The molecule has 63 heavy (non-hydrogen) atoms. The van der Waals surface area contributed by atoms with Gasteiger partial charge in [-0.25, -0.2) is 0 Å². The topological polar surface area (TPSA) is 315 Å². The fourth-order valence-corrected chi connectivity index (χ4v) is 7.25. The van der Waals surface area contributed by atoms with Crippen LogP contribution in [-0.4, -0.2) is 19.7 Å². The number of nitro groups is 4. The number of nitriles is 6. The quantitative estimate of drug-likeness (QED) is 0.0955. The minimum Gasteiger partial charge on any atom is -0.259 e. The molecule has 6 unspecified atom stereocenters. The molecule has 0 heterocycles. The van der Waals surface area contributed by atoms with E-state index in [1.54, 1.807) is 52.0 Å². The van der Waals surface area contributed by atoms with Gasteiger partial charge in [0, 0.05) is 54.9 Å². The second-order valence-electron chi connectivity index (χ2n) is 15.0. The van der Waals surface area contributed by atoms with Crippen molar-refractivity contribution < 1.29 is 21.1 Å². The van der Waals surface area contributed by atoms with E-state index in [0.29, 0.717) is 16.7 Å². The average Bonchev–Trinajstić information content (AvgIpc) is 3.25. The van der Waals surface area contributed by atoms with Crippen LogP contribution in [0.25, 0.3) is 16.7 Å². The van der Waals surface area contributed by atoms with E-state index in [0.717, 1.165) is 11.1 Å². The molecule has 0 saturated carbocycles. The van der Waals surface area contributed by atoms with E-state index in [2.05, 4.69) is 24.3 Å². The minimum atomic E-state index is -0.986. The van der Waals surface area contributed by atoms with Crippen LogP contribution in [0.2, 0.25) is 0 Å². The summed E-state index contributed by atoms with van der Waals surface area (Å²) in [6, 6.07) is 25.6. The van der Waals surface area contributed by atoms with Crippen molar-refractivity contribution in [3.05, 3.63) is 135 Å². The van der Waals surface area contributed by atoms with Crippen LogP contribution < -0.4 is 0 Å². The zero-order valence-electron chi connectivity index (χ0n) is 34.2. The zero-order chi connectivity index (χ0) is 46.3. The lowest BCUT2D eigenvalue weighted by Crippen LogP contribution is -2.25. The van der Waals surface area contributed by atoms with Gasteiger partial charge >= 0.3 is 0 Å². The zero-order valence-corrected chi connectivity index (χ0v) is 34.2. The summed E-state index contributed by atoms with van der Waals surface area (Å²) in [6.45, 7) is 6.89.